The van der Waals surface area contributed by atoms with Gasteiger partial charge in [0.1, 0.15) is 0 Å². The van der Waals surface area contributed by atoms with Crippen molar-refractivity contribution in [3.05, 3.63) is 224 Å². The lowest BCUT2D eigenvalue weighted by molar-refractivity contribution is 1.16. The molecule has 0 radical (unpaired) electrons. The Morgan fingerprint density at radius 1 is 0.373 bits per heavy atom. The van der Waals surface area contributed by atoms with Crippen LogP contribution < -0.4 is 9.80 Å². The molecule has 282 valence electrons. The second-order valence-electron chi connectivity index (χ2n) is 14.9. The zero-order chi connectivity index (χ0) is 39.7. The summed E-state index contributed by atoms with van der Waals surface area (Å²) >= 11 is 0. The molecule has 0 N–H and O–H groups in total. The number of anilines is 6. The van der Waals surface area contributed by atoms with E-state index in [1.165, 1.54) is 33.0 Å². The van der Waals surface area contributed by atoms with Crippen LogP contribution in [-0.4, -0.2) is 14.5 Å². The first-order valence-corrected chi connectivity index (χ1v) is 20.0. The van der Waals surface area contributed by atoms with Gasteiger partial charge in [0.2, 0.25) is 0 Å². The first-order valence-electron chi connectivity index (χ1n) is 20.0. The third kappa shape index (κ3) is 6.69. The van der Waals surface area contributed by atoms with Gasteiger partial charge in [-0.05, 0) is 139 Å². The average Bonchev–Trinajstić information content (AvgIpc) is 3.61. The number of aryl methyl sites for hydroxylation is 2. The fourth-order valence-electron chi connectivity index (χ4n) is 8.52. The molecule has 0 aliphatic rings. The molecule has 0 aliphatic heterocycles. The maximum absolute atomic E-state index is 4.45. The van der Waals surface area contributed by atoms with Gasteiger partial charge in [-0.15, -0.1) is 0 Å². The van der Waals surface area contributed by atoms with E-state index in [0.717, 1.165) is 62.2 Å². The highest BCUT2D eigenvalue weighted by atomic mass is 15.1. The molecule has 5 nitrogen and oxygen atoms in total. The molecule has 0 atom stereocenters. The van der Waals surface area contributed by atoms with Crippen molar-refractivity contribution in [1.82, 2.24) is 14.5 Å². The minimum atomic E-state index is 0.729. The van der Waals surface area contributed by atoms with Crippen LogP contribution in [0.3, 0.4) is 0 Å². The second kappa shape index (κ2) is 15.3. The van der Waals surface area contributed by atoms with Gasteiger partial charge in [0, 0.05) is 68.5 Å². The van der Waals surface area contributed by atoms with Crippen LogP contribution >= 0.6 is 0 Å². The normalized spacial score (nSPS) is 11.2. The van der Waals surface area contributed by atoms with Crippen molar-refractivity contribution in [3.63, 3.8) is 0 Å². The zero-order valence-corrected chi connectivity index (χ0v) is 32.9. The largest absolute Gasteiger partial charge is 0.310 e. The summed E-state index contributed by atoms with van der Waals surface area (Å²) in [6.45, 7) is 4.44. The number of rotatable bonds is 9. The average molecular weight is 760 g/mol. The number of fused-ring (bicyclic) bond motifs is 3. The monoisotopic (exact) mass is 759 g/mol. The lowest BCUT2D eigenvalue weighted by Gasteiger charge is -2.26. The fourth-order valence-corrected chi connectivity index (χ4v) is 8.52. The summed E-state index contributed by atoms with van der Waals surface area (Å²) in [7, 11) is 0. The second-order valence-corrected chi connectivity index (χ2v) is 14.9. The highest BCUT2D eigenvalue weighted by molar-refractivity contribution is 6.12. The molecule has 0 fully saturated rings. The molecule has 0 saturated heterocycles. The van der Waals surface area contributed by atoms with Crippen LogP contribution in [0, 0.1) is 13.8 Å². The molecule has 0 bridgehead atoms. The van der Waals surface area contributed by atoms with E-state index in [1.807, 2.05) is 6.07 Å². The lowest BCUT2D eigenvalue weighted by Crippen LogP contribution is -2.09. The van der Waals surface area contributed by atoms with Gasteiger partial charge in [-0.3, -0.25) is 0 Å². The molecule has 2 heterocycles. The van der Waals surface area contributed by atoms with Crippen molar-refractivity contribution in [1.29, 1.82) is 0 Å². The lowest BCUT2D eigenvalue weighted by atomic mass is 9.94. The van der Waals surface area contributed by atoms with E-state index in [-0.39, 0.29) is 0 Å². The van der Waals surface area contributed by atoms with Crippen molar-refractivity contribution in [2.45, 2.75) is 13.8 Å². The van der Waals surface area contributed by atoms with E-state index < -0.39 is 0 Å². The molecule has 8 aromatic carbocycles. The van der Waals surface area contributed by atoms with Crippen LogP contribution in [0.1, 0.15) is 11.1 Å². The number of aromatic nitrogens is 3. The molecule has 0 spiro atoms. The van der Waals surface area contributed by atoms with Crippen LogP contribution in [0.2, 0.25) is 0 Å². The Balaban J connectivity index is 1.17. The van der Waals surface area contributed by atoms with Gasteiger partial charge in [-0.25, -0.2) is 9.97 Å². The van der Waals surface area contributed by atoms with Crippen molar-refractivity contribution in [2.75, 3.05) is 9.80 Å². The van der Waals surface area contributed by atoms with E-state index in [0.29, 0.717) is 0 Å². The van der Waals surface area contributed by atoms with Crippen molar-refractivity contribution >= 4 is 55.9 Å². The highest BCUT2D eigenvalue weighted by Gasteiger charge is 2.21. The van der Waals surface area contributed by atoms with Crippen molar-refractivity contribution < 1.29 is 0 Å². The zero-order valence-electron chi connectivity index (χ0n) is 32.9. The predicted molar refractivity (Wildman–Crippen MR) is 246 cm³/mol. The van der Waals surface area contributed by atoms with Gasteiger partial charge < -0.3 is 14.4 Å². The SMILES string of the molecule is Cc1cc(-n2c3ccc(N(c4ccccc4)c4ccccc4)cc3c3cc(N(c4ccccc4)c4ccccc4)ccc32)cc(C)c1-c1ccc(-c2ncccn2)cc1. The predicted octanol–water partition coefficient (Wildman–Crippen LogP) is 14.5. The van der Waals surface area contributed by atoms with Gasteiger partial charge in [0.15, 0.2) is 5.82 Å². The first kappa shape index (κ1) is 35.6. The first-order chi connectivity index (χ1) is 29.1. The molecule has 0 unspecified atom stereocenters. The summed E-state index contributed by atoms with van der Waals surface area (Å²) in [5.41, 5.74) is 15.9. The third-order valence-electron chi connectivity index (χ3n) is 11.1. The van der Waals surface area contributed by atoms with E-state index in [2.05, 4.69) is 232 Å². The molecule has 10 aromatic rings. The Morgan fingerprint density at radius 2 is 0.763 bits per heavy atom. The van der Waals surface area contributed by atoms with Crippen LogP contribution in [0.25, 0.3) is 50.0 Å². The summed E-state index contributed by atoms with van der Waals surface area (Å²) in [6, 6.07) is 71.4. The number of benzene rings is 8. The molecule has 5 heteroatoms. The van der Waals surface area contributed by atoms with Crippen LogP contribution in [0.15, 0.2) is 213 Å². The Morgan fingerprint density at radius 3 is 1.17 bits per heavy atom. The maximum Gasteiger partial charge on any atom is 0.159 e. The smallest absolute Gasteiger partial charge is 0.159 e. The molecule has 0 aliphatic carbocycles. The summed E-state index contributed by atoms with van der Waals surface area (Å²) < 4.78 is 2.43. The molecule has 2 aromatic heterocycles. The van der Waals surface area contributed by atoms with Crippen molar-refractivity contribution in [3.8, 4) is 28.2 Å². The number of hydrogen-bond acceptors (Lipinski definition) is 4. The molecular weight excluding hydrogens is 719 g/mol. The third-order valence-corrected chi connectivity index (χ3v) is 11.1. The summed E-state index contributed by atoms with van der Waals surface area (Å²) in [5, 5.41) is 2.35. The number of nitrogens with zero attached hydrogens (tertiary/aromatic N) is 5. The minimum Gasteiger partial charge on any atom is -0.310 e. The molecule has 10 rings (SSSR count). The van der Waals surface area contributed by atoms with Crippen LogP contribution in [0.4, 0.5) is 34.1 Å². The Bertz CT molecular complexity index is 2790. The summed E-state index contributed by atoms with van der Waals surface area (Å²) in [5.74, 6) is 0.729. The van der Waals surface area contributed by atoms with Gasteiger partial charge in [0.25, 0.3) is 0 Å². The standard InChI is InChI=1S/C54H41N5/c1-38-34-48(35-39(2)53(38)40-24-26-41(27-25-40)54-55-32-15-33-56-54)59-51-30-28-46(57(42-16-7-3-8-17-42)43-18-9-4-10-19-43)36-49(51)50-37-47(29-31-52(50)59)58(44-20-11-5-12-21-44)45-22-13-6-14-23-45/h3-37H,1-2H3. The minimum absolute atomic E-state index is 0.729. The molecule has 0 saturated carbocycles. The number of hydrogen-bond donors (Lipinski definition) is 0. The fraction of sp³-hybridized carbons (Fsp3) is 0.0370. The molecule has 0 amide bonds. The summed E-state index contributed by atoms with van der Waals surface area (Å²) in [4.78, 5) is 13.6. The van der Waals surface area contributed by atoms with Crippen LogP contribution in [0.5, 0.6) is 0 Å². The van der Waals surface area contributed by atoms with Gasteiger partial charge >= 0.3 is 0 Å². The van der Waals surface area contributed by atoms with Gasteiger partial charge in [-0.2, -0.15) is 0 Å². The quantitative estimate of drug-likeness (QED) is 0.147. The van der Waals surface area contributed by atoms with E-state index in [4.69, 9.17) is 0 Å². The Kier molecular flexibility index (Phi) is 9.24. The number of para-hydroxylation sites is 4. The van der Waals surface area contributed by atoms with E-state index >= 15 is 0 Å². The molecule has 59 heavy (non-hydrogen) atoms. The van der Waals surface area contributed by atoms with Crippen LogP contribution in [-0.2, 0) is 0 Å². The molecular formula is C54H41N5. The van der Waals surface area contributed by atoms with E-state index in [9.17, 15) is 0 Å². The topological polar surface area (TPSA) is 37.2 Å². The summed E-state index contributed by atoms with van der Waals surface area (Å²) in [6.07, 6.45) is 3.56. The highest BCUT2D eigenvalue weighted by Crippen LogP contribution is 2.43. The maximum atomic E-state index is 4.45. The Hall–Kier alpha value is -7.76. The van der Waals surface area contributed by atoms with Gasteiger partial charge in [-0.1, -0.05) is 97.1 Å². The van der Waals surface area contributed by atoms with Gasteiger partial charge in [0.05, 0.1) is 11.0 Å². The Labute approximate surface area is 344 Å². The van der Waals surface area contributed by atoms with E-state index in [1.54, 1.807) is 12.4 Å². The van der Waals surface area contributed by atoms with Crippen molar-refractivity contribution in [2.24, 2.45) is 0 Å².